The first-order valence-corrected chi connectivity index (χ1v) is 10.4. The third-order valence-electron chi connectivity index (χ3n) is 4.92. The summed E-state index contributed by atoms with van der Waals surface area (Å²) >= 11 is 0. The van der Waals surface area contributed by atoms with Crippen LogP contribution in [0.25, 0.3) is 5.52 Å². The zero-order valence-electron chi connectivity index (χ0n) is 19.1. The van der Waals surface area contributed by atoms with Crippen LogP contribution in [0, 0.1) is 17.2 Å². The largest absolute Gasteiger partial charge is 0.508 e. The van der Waals surface area contributed by atoms with E-state index in [4.69, 9.17) is 29.4 Å². The number of hydrogen-bond donors (Lipinski definition) is 1. The summed E-state index contributed by atoms with van der Waals surface area (Å²) in [6.07, 6.45) is -3.66. The van der Waals surface area contributed by atoms with Gasteiger partial charge in [0.1, 0.15) is 30.6 Å². The lowest BCUT2D eigenvalue weighted by molar-refractivity contribution is -0.167. The number of aromatic nitrogens is 3. The Balaban J connectivity index is 2.01. The molecule has 2 aromatic rings. The number of carbonyl (C=O) groups excluding carboxylic acids is 3. The van der Waals surface area contributed by atoms with Gasteiger partial charge < -0.3 is 29.4 Å². The van der Waals surface area contributed by atoms with Gasteiger partial charge in [0.15, 0.2) is 18.0 Å². The maximum absolute atomic E-state index is 12.0. The first-order valence-electron chi connectivity index (χ1n) is 10.4. The zero-order valence-corrected chi connectivity index (χ0v) is 19.1. The number of esters is 2. The molecule has 0 spiro atoms. The SMILES string of the molecule is CC(=O)O[C@H]1[C@H](c2ccc3c(N)ncnn23)O[C@](C#N)(COC(=O)OCC(C)C)[C@H]1OC(C)=O. The molecule has 0 saturated carbocycles. The summed E-state index contributed by atoms with van der Waals surface area (Å²) in [7, 11) is 0. The van der Waals surface area contributed by atoms with E-state index >= 15 is 0 Å². The summed E-state index contributed by atoms with van der Waals surface area (Å²) in [5, 5.41) is 14.2. The molecule has 182 valence electrons. The van der Waals surface area contributed by atoms with Crippen molar-refractivity contribution in [2.24, 2.45) is 5.92 Å². The molecule has 0 amide bonds. The second-order valence-corrected chi connectivity index (χ2v) is 8.09. The van der Waals surface area contributed by atoms with Gasteiger partial charge >= 0.3 is 18.1 Å². The molecule has 13 heteroatoms. The quantitative estimate of drug-likeness (QED) is 0.449. The Bertz CT molecular complexity index is 1130. The molecule has 1 aliphatic rings. The van der Waals surface area contributed by atoms with Crippen molar-refractivity contribution in [1.29, 1.82) is 5.26 Å². The van der Waals surface area contributed by atoms with Crippen molar-refractivity contribution >= 4 is 29.4 Å². The van der Waals surface area contributed by atoms with Crippen molar-refractivity contribution in [2.75, 3.05) is 18.9 Å². The van der Waals surface area contributed by atoms with Crippen LogP contribution in [0.3, 0.4) is 0 Å². The summed E-state index contributed by atoms with van der Waals surface area (Å²) in [6.45, 7) is 5.40. The lowest BCUT2D eigenvalue weighted by atomic mass is 9.95. The normalized spacial score (nSPS) is 23.9. The van der Waals surface area contributed by atoms with E-state index in [9.17, 15) is 19.6 Å². The Hall–Kier alpha value is -3.92. The van der Waals surface area contributed by atoms with Gasteiger partial charge in [-0.25, -0.2) is 14.3 Å². The fourth-order valence-corrected chi connectivity index (χ4v) is 3.54. The number of nitrogens with two attached hydrogens (primary N) is 1. The highest BCUT2D eigenvalue weighted by Crippen LogP contribution is 2.44. The minimum Gasteiger partial charge on any atom is -0.455 e. The summed E-state index contributed by atoms with van der Waals surface area (Å²) in [4.78, 5) is 39.8. The van der Waals surface area contributed by atoms with Gasteiger partial charge in [0, 0.05) is 13.8 Å². The summed E-state index contributed by atoms with van der Waals surface area (Å²) < 4.78 is 28.3. The lowest BCUT2D eigenvalue weighted by Crippen LogP contribution is -2.49. The Morgan fingerprint density at radius 2 is 1.94 bits per heavy atom. The van der Waals surface area contributed by atoms with E-state index in [0.29, 0.717) is 11.2 Å². The van der Waals surface area contributed by atoms with Crippen molar-refractivity contribution < 1.29 is 38.1 Å². The van der Waals surface area contributed by atoms with Gasteiger partial charge in [-0.3, -0.25) is 9.59 Å². The molecule has 0 radical (unpaired) electrons. The molecule has 2 aromatic heterocycles. The highest BCUT2D eigenvalue weighted by molar-refractivity contribution is 5.68. The molecule has 13 nitrogen and oxygen atoms in total. The number of nitrogens with zero attached hydrogens (tertiary/aromatic N) is 4. The molecule has 1 aliphatic heterocycles. The van der Waals surface area contributed by atoms with Gasteiger partial charge in [-0.2, -0.15) is 10.4 Å². The molecule has 3 heterocycles. The van der Waals surface area contributed by atoms with Crippen LogP contribution in [-0.2, 0) is 33.3 Å². The van der Waals surface area contributed by atoms with E-state index in [2.05, 4.69) is 10.1 Å². The smallest absolute Gasteiger partial charge is 0.455 e. The standard InChI is InChI=1S/C21H25N5O8/c1-11(2)7-30-20(29)31-9-21(8-22)18(33-13(4)28)17(32-12(3)27)16(34-21)14-5-6-15-19(23)24-10-25-26(14)15/h5-6,10-11,16-18H,7,9H2,1-4H3,(H2,23,24,25)/t16-,17-,18-,21+/m0/s1. The molecule has 4 atom stereocenters. The van der Waals surface area contributed by atoms with Crippen LogP contribution in [0.5, 0.6) is 0 Å². The third-order valence-corrected chi connectivity index (χ3v) is 4.92. The van der Waals surface area contributed by atoms with Gasteiger partial charge in [0.25, 0.3) is 0 Å². The van der Waals surface area contributed by atoms with E-state index < -0.39 is 48.6 Å². The predicted molar refractivity (Wildman–Crippen MR) is 113 cm³/mol. The van der Waals surface area contributed by atoms with Gasteiger partial charge in [0.2, 0.25) is 5.60 Å². The van der Waals surface area contributed by atoms with Gasteiger partial charge in [-0.1, -0.05) is 13.8 Å². The Morgan fingerprint density at radius 1 is 1.24 bits per heavy atom. The molecule has 3 rings (SSSR count). The molecule has 0 aliphatic carbocycles. The monoisotopic (exact) mass is 475 g/mol. The Kier molecular flexibility index (Phi) is 7.21. The van der Waals surface area contributed by atoms with Crippen LogP contribution in [0.2, 0.25) is 0 Å². The first kappa shape index (κ1) is 24.7. The minimum absolute atomic E-state index is 0.0591. The van der Waals surface area contributed by atoms with Crippen LogP contribution in [0.15, 0.2) is 18.5 Å². The van der Waals surface area contributed by atoms with Crippen LogP contribution in [-0.4, -0.2) is 63.7 Å². The second-order valence-electron chi connectivity index (χ2n) is 8.09. The molecular weight excluding hydrogens is 450 g/mol. The molecule has 1 saturated heterocycles. The van der Waals surface area contributed by atoms with Gasteiger partial charge in [-0.15, -0.1) is 0 Å². The van der Waals surface area contributed by atoms with Crippen LogP contribution < -0.4 is 5.73 Å². The number of nitriles is 1. The van der Waals surface area contributed by atoms with Crippen molar-refractivity contribution in [3.05, 3.63) is 24.2 Å². The van der Waals surface area contributed by atoms with Crippen molar-refractivity contribution in [3.63, 3.8) is 0 Å². The van der Waals surface area contributed by atoms with Crippen molar-refractivity contribution in [3.8, 4) is 6.07 Å². The van der Waals surface area contributed by atoms with Crippen LogP contribution in [0.4, 0.5) is 10.6 Å². The number of ether oxygens (including phenoxy) is 5. The molecule has 1 fully saturated rings. The predicted octanol–water partition coefficient (Wildman–Crippen LogP) is 1.32. The summed E-state index contributed by atoms with van der Waals surface area (Å²) in [5.74, 6) is -1.23. The van der Waals surface area contributed by atoms with Crippen molar-refractivity contribution in [2.45, 2.75) is 51.6 Å². The Morgan fingerprint density at radius 3 is 2.56 bits per heavy atom. The van der Waals surface area contributed by atoms with Crippen LogP contribution >= 0.6 is 0 Å². The maximum atomic E-state index is 12.0. The molecule has 2 N–H and O–H groups in total. The van der Waals surface area contributed by atoms with Crippen molar-refractivity contribution in [1.82, 2.24) is 14.6 Å². The van der Waals surface area contributed by atoms with Gasteiger partial charge in [-0.05, 0) is 18.1 Å². The lowest BCUT2D eigenvalue weighted by Gasteiger charge is -2.27. The number of hydrogen-bond acceptors (Lipinski definition) is 12. The van der Waals surface area contributed by atoms with Gasteiger partial charge in [0.05, 0.1) is 12.3 Å². The maximum Gasteiger partial charge on any atom is 0.508 e. The molecular formula is C21H25N5O8. The van der Waals surface area contributed by atoms with E-state index in [1.54, 1.807) is 12.1 Å². The average molecular weight is 475 g/mol. The molecule has 34 heavy (non-hydrogen) atoms. The minimum atomic E-state index is -2.02. The number of anilines is 1. The molecule has 0 bridgehead atoms. The van der Waals surface area contributed by atoms with E-state index in [1.807, 2.05) is 19.9 Å². The summed E-state index contributed by atoms with van der Waals surface area (Å²) in [6, 6.07) is 5.13. The highest BCUT2D eigenvalue weighted by atomic mass is 16.7. The second kappa shape index (κ2) is 9.92. The molecule has 0 unspecified atom stereocenters. The van der Waals surface area contributed by atoms with E-state index in [1.165, 1.54) is 10.8 Å². The summed E-state index contributed by atoms with van der Waals surface area (Å²) in [5.41, 5.74) is 4.66. The number of carbonyl (C=O) groups is 3. The fraction of sp³-hybridized carbons (Fsp3) is 0.524. The first-order chi connectivity index (χ1) is 16.1. The number of fused-ring (bicyclic) bond motifs is 1. The number of nitrogen functional groups attached to an aromatic ring is 1. The zero-order chi connectivity index (χ0) is 25.0. The van der Waals surface area contributed by atoms with E-state index in [-0.39, 0.29) is 18.3 Å². The highest BCUT2D eigenvalue weighted by Gasteiger charge is 2.61. The number of rotatable bonds is 7. The fourth-order valence-electron chi connectivity index (χ4n) is 3.54. The Labute approximate surface area is 194 Å². The van der Waals surface area contributed by atoms with E-state index in [0.717, 1.165) is 13.8 Å². The van der Waals surface area contributed by atoms with Crippen LogP contribution in [0.1, 0.15) is 39.5 Å². The topological polar surface area (TPSA) is 177 Å². The average Bonchev–Trinajstić information content (AvgIpc) is 3.31. The third kappa shape index (κ3) is 5.01. The molecule has 0 aromatic carbocycles.